The van der Waals surface area contributed by atoms with Gasteiger partial charge in [-0.25, -0.2) is 0 Å². The molecule has 1 spiro atoms. The van der Waals surface area contributed by atoms with Gasteiger partial charge in [0, 0.05) is 12.0 Å². The quantitative estimate of drug-likeness (QED) is 0.692. The molecule has 0 amide bonds. The van der Waals surface area contributed by atoms with Crippen LogP contribution in [0.15, 0.2) is 29.8 Å². The van der Waals surface area contributed by atoms with Crippen molar-refractivity contribution in [3.8, 4) is 0 Å². The molecule has 1 fully saturated rings. The predicted octanol–water partition coefficient (Wildman–Crippen LogP) is 3.62. The average Bonchev–Trinajstić information content (AvgIpc) is 2.89. The van der Waals surface area contributed by atoms with Gasteiger partial charge < -0.3 is 9.47 Å². The van der Waals surface area contributed by atoms with E-state index in [2.05, 4.69) is 24.3 Å². The Labute approximate surface area is 108 Å². The third-order valence-electron chi connectivity index (χ3n) is 4.44. The smallest absolute Gasteiger partial charge is 0.199 e. The first-order chi connectivity index (χ1) is 8.89. The van der Waals surface area contributed by atoms with E-state index in [1.165, 1.54) is 36.8 Å². The molecule has 1 saturated heterocycles. The molecule has 3 aliphatic rings. The Morgan fingerprint density at radius 1 is 0.944 bits per heavy atom. The maximum Gasteiger partial charge on any atom is 0.199 e. The van der Waals surface area contributed by atoms with Crippen LogP contribution in [0.5, 0.6) is 0 Å². The molecule has 0 unspecified atom stereocenters. The molecule has 94 valence electrons. The first-order valence-corrected chi connectivity index (χ1v) is 6.98. The van der Waals surface area contributed by atoms with Gasteiger partial charge in [-0.2, -0.15) is 0 Å². The summed E-state index contributed by atoms with van der Waals surface area (Å²) >= 11 is 0. The Morgan fingerprint density at radius 2 is 1.72 bits per heavy atom. The second kappa shape index (κ2) is 3.94. The van der Waals surface area contributed by atoms with Crippen LogP contribution in [0.2, 0.25) is 0 Å². The molecule has 2 aliphatic carbocycles. The minimum Gasteiger partial charge on any atom is -0.343 e. The maximum absolute atomic E-state index is 6.00. The number of hydrogen-bond acceptors (Lipinski definition) is 2. The van der Waals surface area contributed by atoms with Gasteiger partial charge in [0.15, 0.2) is 5.79 Å². The molecule has 0 aromatic heterocycles. The standard InChI is InChI=1S/C16H18O2/c1-2-6-13-12(5-1)11-16(17-9-10-18-16)15-8-4-3-7-14(13)15/h3-4,7-8H,1-2,5-6,9-11H2. The fourth-order valence-electron chi connectivity index (χ4n) is 3.65. The summed E-state index contributed by atoms with van der Waals surface area (Å²) in [6, 6.07) is 8.65. The van der Waals surface area contributed by atoms with Gasteiger partial charge in [0.2, 0.25) is 0 Å². The van der Waals surface area contributed by atoms with E-state index in [1.807, 2.05) is 0 Å². The maximum atomic E-state index is 6.00. The van der Waals surface area contributed by atoms with Crippen LogP contribution in [0.3, 0.4) is 0 Å². The van der Waals surface area contributed by atoms with Crippen LogP contribution in [-0.4, -0.2) is 13.2 Å². The second-order valence-electron chi connectivity index (χ2n) is 5.46. The van der Waals surface area contributed by atoms with Gasteiger partial charge in [-0.05, 0) is 36.8 Å². The molecule has 0 radical (unpaired) electrons. The first kappa shape index (κ1) is 10.8. The molecule has 0 bridgehead atoms. The van der Waals surface area contributed by atoms with E-state index in [0.717, 1.165) is 19.6 Å². The van der Waals surface area contributed by atoms with Crippen molar-refractivity contribution in [3.05, 3.63) is 41.0 Å². The van der Waals surface area contributed by atoms with E-state index in [1.54, 1.807) is 11.1 Å². The average molecular weight is 242 g/mol. The highest BCUT2D eigenvalue weighted by Gasteiger charge is 2.44. The van der Waals surface area contributed by atoms with Crippen molar-refractivity contribution in [3.63, 3.8) is 0 Å². The molecular weight excluding hydrogens is 224 g/mol. The van der Waals surface area contributed by atoms with Crippen molar-refractivity contribution in [2.75, 3.05) is 13.2 Å². The normalized spacial score (nSPS) is 25.1. The van der Waals surface area contributed by atoms with Gasteiger partial charge in [0.05, 0.1) is 13.2 Å². The topological polar surface area (TPSA) is 18.5 Å². The van der Waals surface area contributed by atoms with Crippen LogP contribution in [0, 0.1) is 0 Å². The van der Waals surface area contributed by atoms with Gasteiger partial charge in [-0.3, -0.25) is 0 Å². The summed E-state index contributed by atoms with van der Waals surface area (Å²) in [6.07, 6.45) is 6.03. The third-order valence-corrected chi connectivity index (χ3v) is 4.44. The summed E-state index contributed by atoms with van der Waals surface area (Å²) in [4.78, 5) is 0. The number of rotatable bonds is 0. The van der Waals surface area contributed by atoms with Gasteiger partial charge in [-0.15, -0.1) is 0 Å². The van der Waals surface area contributed by atoms with Crippen LogP contribution in [-0.2, 0) is 15.3 Å². The van der Waals surface area contributed by atoms with Crippen molar-refractivity contribution >= 4 is 5.57 Å². The van der Waals surface area contributed by atoms with Gasteiger partial charge in [-0.1, -0.05) is 29.8 Å². The largest absolute Gasteiger partial charge is 0.343 e. The highest BCUT2D eigenvalue weighted by molar-refractivity contribution is 5.74. The lowest BCUT2D eigenvalue weighted by Gasteiger charge is -2.38. The Morgan fingerprint density at radius 3 is 2.61 bits per heavy atom. The molecule has 0 atom stereocenters. The summed E-state index contributed by atoms with van der Waals surface area (Å²) < 4.78 is 12.0. The summed E-state index contributed by atoms with van der Waals surface area (Å²) in [6.45, 7) is 1.44. The number of allylic oxidation sites excluding steroid dienone is 1. The Hall–Kier alpha value is -1.12. The zero-order valence-electron chi connectivity index (χ0n) is 10.6. The molecule has 4 rings (SSSR count). The fourth-order valence-corrected chi connectivity index (χ4v) is 3.65. The van der Waals surface area contributed by atoms with Crippen molar-refractivity contribution < 1.29 is 9.47 Å². The second-order valence-corrected chi connectivity index (χ2v) is 5.46. The van der Waals surface area contributed by atoms with Gasteiger partial charge in [0.1, 0.15) is 0 Å². The molecule has 18 heavy (non-hydrogen) atoms. The zero-order chi connectivity index (χ0) is 12.0. The van der Waals surface area contributed by atoms with E-state index < -0.39 is 5.79 Å². The lowest BCUT2D eigenvalue weighted by Crippen LogP contribution is -2.32. The summed E-state index contributed by atoms with van der Waals surface area (Å²) in [5.41, 5.74) is 5.77. The minimum atomic E-state index is -0.466. The molecule has 2 heteroatoms. The summed E-state index contributed by atoms with van der Waals surface area (Å²) in [7, 11) is 0. The van der Waals surface area contributed by atoms with Crippen LogP contribution in [0.25, 0.3) is 5.57 Å². The number of fused-ring (bicyclic) bond motifs is 3. The lowest BCUT2D eigenvalue weighted by molar-refractivity contribution is -0.166. The van der Waals surface area contributed by atoms with E-state index in [0.29, 0.717) is 0 Å². The highest BCUT2D eigenvalue weighted by atomic mass is 16.7. The van der Waals surface area contributed by atoms with Crippen molar-refractivity contribution in [1.29, 1.82) is 0 Å². The predicted molar refractivity (Wildman–Crippen MR) is 70.0 cm³/mol. The zero-order valence-corrected chi connectivity index (χ0v) is 10.6. The highest BCUT2D eigenvalue weighted by Crippen LogP contribution is 2.50. The van der Waals surface area contributed by atoms with E-state index in [9.17, 15) is 0 Å². The molecule has 1 aromatic rings. The fraction of sp³-hybridized carbons (Fsp3) is 0.500. The first-order valence-electron chi connectivity index (χ1n) is 6.98. The monoisotopic (exact) mass is 242 g/mol. The summed E-state index contributed by atoms with van der Waals surface area (Å²) in [5, 5.41) is 0. The minimum absolute atomic E-state index is 0.466. The van der Waals surface area contributed by atoms with Crippen molar-refractivity contribution in [2.45, 2.75) is 37.9 Å². The van der Waals surface area contributed by atoms with Gasteiger partial charge in [0.25, 0.3) is 0 Å². The van der Waals surface area contributed by atoms with Gasteiger partial charge >= 0.3 is 0 Å². The Balaban J connectivity index is 1.91. The SMILES string of the molecule is c1ccc2c(c1)C1=C(CCCC1)CC21OCCO1. The number of hydrogen-bond donors (Lipinski definition) is 0. The van der Waals surface area contributed by atoms with Crippen LogP contribution in [0.1, 0.15) is 43.2 Å². The third kappa shape index (κ3) is 1.42. The molecular formula is C16H18O2. The number of benzene rings is 1. The molecule has 1 aromatic carbocycles. The Kier molecular flexibility index (Phi) is 2.36. The van der Waals surface area contributed by atoms with Crippen LogP contribution >= 0.6 is 0 Å². The van der Waals surface area contributed by atoms with E-state index >= 15 is 0 Å². The number of ether oxygens (including phenoxy) is 2. The molecule has 0 saturated carbocycles. The molecule has 2 nitrogen and oxygen atoms in total. The van der Waals surface area contributed by atoms with Crippen LogP contribution < -0.4 is 0 Å². The molecule has 0 N–H and O–H groups in total. The van der Waals surface area contributed by atoms with E-state index in [-0.39, 0.29) is 0 Å². The van der Waals surface area contributed by atoms with Crippen molar-refractivity contribution in [2.24, 2.45) is 0 Å². The lowest BCUT2D eigenvalue weighted by atomic mass is 9.75. The summed E-state index contributed by atoms with van der Waals surface area (Å²) in [5.74, 6) is -0.466. The van der Waals surface area contributed by atoms with Crippen molar-refractivity contribution in [1.82, 2.24) is 0 Å². The Bertz CT molecular complexity index is 510. The molecule has 1 aliphatic heterocycles. The van der Waals surface area contributed by atoms with Crippen LogP contribution in [0.4, 0.5) is 0 Å². The molecule has 1 heterocycles. The van der Waals surface area contributed by atoms with E-state index in [4.69, 9.17) is 9.47 Å².